The lowest BCUT2D eigenvalue weighted by Gasteiger charge is -2.19. The van der Waals surface area contributed by atoms with Crippen molar-refractivity contribution in [1.82, 2.24) is 0 Å². The van der Waals surface area contributed by atoms with E-state index >= 15 is 0 Å². The molecular formula is C34H64NO8P. The van der Waals surface area contributed by atoms with Crippen LogP contribution in [0.2, 0.25) is 0 Å². The van der Waals surface area contributed by atoms with Gasteiger partial charge in [0.1, 0.15) is 6.61 Å². The summed E-state index contributed by atoms with van der Waals surface area (Å²) >= 11 is 0. The Labute approximate surface area is 268 Å². The van der Waals surface area contributed by atoms with E-state index < -0.39 is 26.5 Å². The van der Waals surface area contributed by atoms with Crippen molar-refractivity contribution < 1.29 is 37.6 Å². The summed E-state index contributed by atoms with van der Waals surface area (Å²) in [4.78, 5) is 34.5. The fraction of sp³-hybridized carbons (Fsp3) is 0.824. The van der Waals surface area contributed by atoms with Crippen molar-refractivity contribution in [3.63, 3.8) is 0 Å². The van der Waals surface area contributed by atoms with Crippen molar-refractivity contribution >= 4 is 19.8 Å². The van der Waals surface area contributed by atoms with E-state index in [1.54, 1.807) is 0 Å². The molecule has 10 heteroatoms. The van der Waals surface area contributed by atoms with Crippen molar-refractivity contribution in [2.24, 2.45) is 5.73 Å². The summed E-state index contributed by atoms with van der Waals surface area (Å²) in [6.45, 7) is 3.63. The maximum Gasteiger partial charge on any atom is 0.472 e. The Bertz CT molecular complexity index is 789. The Morgan fingerprint density at radius 2 is 1.20 bits per heavy atom. The van der Waals surface area contributed by atoms with E-state index in [9.17, 15) is 19.0 Å². The van der Waals surface area contributed by atoms with Gasteiger partial charge in [0, 0.05) is 19.4 Å². The van der Waals surface area contributed by atoms with Gasteiger partial charge in [-0.1, -0.05) is 122 Å². The Hall–Kier alpha value is -1.51. The summed E-state index contributed by atoms with van der Waals surface area (Å²) in [5.74, 6) is -0.849. The highest BCUT2D eigenvalue weighted by Gasteiger charge is 2.25. The fourth-order valence-corrected chi connectivity index (χ4v) is 5.24. The number of esters is 2. The molecule has 44 heavy (non-hydrogen) atoms. The second kappa shape index (κ2) is 31.5. The summed E-state index contributed by atoms with van der Waals surface area (Å²) in [6.07, 6.45) is 29.3. The number of hydrogen-bond donors (Lipinski definition) is 2. The van der Waals surface area contributed by atoms with Gasteiger partial charge in [0.25, 0.3) is 0 Å². The molecule has 9 nitrogen and oxygen atoms in total. The predicted octanol–water partition coefficient (Wildman–Crippen LogP) is 8.88. The molecule has 1 unspecified atom stereocenters. The number of phosphoric ester groups is 1. The van der Waals surface area contributed by atoms with Gasteiger partial charge in [0.05, 0.1) is 13.2 Å². The van der Waals surface area contributed by atoms with Crippen LogP contribution in [0.4, 0.5) is 0 Å². The first kappa shape index (κ1) is 42.5. The third kappa shape index (κ3) is 30.5. The van der Waals surface area contributed by atoms with Crippen LogP contribution in [0.25, 0.3) is 0 Å². The molecule has 258 valence electrons. The molecule has 0 heterocycles. The highest BCUT2D eigenvalue weighted by Crippen LogP contribution is 2.43. The van der Waals surface area contributed by atoms with Gasteiger partial charge in [-0.25, -0.2) is 4.57 Å². The number of ether oxygens (including phenoxy) is 2. The number of hydrogen-bond acceptors (Lipinski definition) is 8. The maximum absolute atomic E-state index is 12.5. The molecule has 0 spiro atoms. The molecule has 0 saturated heterocycles. The highest BCUT2D eigenvalue weighted by molar-refractivity contribution is 7.47. The molecule has 0 aromatic carbocycles. The van der Waals surface area contributed by atoms with Gasteiger partial charge in [-0.3, -0.25) is 18.6 Å². The maximum atomic E-state index is 12.5. The molecule has 0 aliphatic carbocycles. The first-order valence-corrected chi connectivity index (χ1v) is 18.8. The van der Waals surface area contributed by atoms with Crippen molar-refractivity contribution in [3.8, 4) is 0 Å². The van der Waals surface area contributed by atoms with Crippen LogP contribution in [0, 0.1) is 0 Å². The van der Waals surface area contributed by atoms with E-state index in [-0.39, 0.29) is 38.6 Å². The van der Waals surface area contributed by atoms with E-state index in [2.05, 4.69) is 38.2 Å². The van der Waals surface area contributed by atoms with E-state index in [4.69, 9.17) is 24.3 Å². The molecule has 0 aromatic rings. The van der Waals surface area contributed by atoms with E-state index in [1.165, 1.54) is 51.4 Å². The van der Waals surface area contributed by atoms with Crippen molar-refractivity contribution in [1.29, 1.82) is 0 Å². The molecule has 0 fully saturated rings. The Balaban J connectivity index is 4.30. The largest absolute Gasteiger partial charge is 0.472 e. The molecule has 2 atom stereocenters. The number of unbranched alkanes of at least 4 members (excludes halogenated alkanes) is 15. The van der Waals surface area contributed by atoms with E-state index in [0.717, 1.165) is 64.2 Å². The number of nitrogens with two attached hydrogens (primary N) is 1. The second-order valence-corrected chi connectivity index (χ2v) is 12.8. The third-order valence-corrected chi connectivity index (χ3v) is 8.07. The van der Waals surface area contributed by atoms with Gasteiger partial charge in [0.2, 0.25) is 0 Å². The average Bonchev–Trinajstić information content (AvgIpc) is 3.00. The molecule has 0 aliphatic heterocycles. The van der Waals surface area contributed by atoms with Crippen molar-refractivity contribution in [2.75, 3.05) is 26.4 Å². The zero-order valence-corrected chi connectivity index (χ0v) is 28.8. The monoisotopic (exact) mass is 645 g/mol. The van der Waals surface area contributed by atoms with Crippen LogP contribution in [-0.2, 0) is 32.7 Å². The minimum atomic E-state index is -4.36. The van der Waals surface area contributed by atoms with Crippen LogP contribution in [0.1, 0.15) is 149 Å². The van der Waals surface area contributed by atoms with Crippen LogP contribution in [-0.4, -0.2) is 49.3 Å². The Morgan fingerprint density at radius 1 is 0.682 bits per heavy atom. The molecule has 0 radical (unpaired) electrons. The number of phosphoric acid groups is 1. The van der Waals surface area contributed by atoms with Gasteiger partial charge < -0.3 is 20.1 Å². The zero-order chi connectivity index (χ0) is 32.6. The van der Waals surface area contributed by atoms with E-state index in [1.807, 2.05) is 0 Å². The van der Waals surface area contributed by atoms with Gasteiger partial charge in [0.15, 0.2) is 6.10 Å². The molecule has 0 rings (SSSR count). The molecule has 0 amide bonds. The highest BCUT2D eigenvalue weighted by atomic mass is 31.2. The fourth-order valence-electron chi connectivity index (χ4n) is 4.47. The summed E-state index contributed by atoms with van der Waals surface area (Å²) in [5.41, 5.74) is 5.31. The summed E-state index contributed by atoms with van der Waals surface area (Å²) in [5, 5.41) is 0. The average molecular weight is 646 g/mol. The van der Waals surface area contributed by atoms with Gasteiger partial charge in [-0.2, -0.15) is 0 Å². The lowest BCUT2D eigenvalue weighted by atomic mass is 10.1. The number of rotatable bonds is 32. The molecule has 0 aromatic heterocycles. The topological polar surface area (TPSA) is 134 Å². The number of carbonyl (C=O) groups excluding carboxylic acids is 2. The summed E-state index contributed by atoms with van der Waals surface area (Å²) in [6, 6.07) is 0. The lowest BCUT2D eigenvalue weighted by Crippen LogP contribution is -2.29. The predicted molar refractivity (Wildman–Crippen MR) is 178 cm³/mol. The third-order valence-electron chi connectivity index (χ3n) is 7.09. The molecule has 0 bridgehead atoms. The molecule has 0 aliphatic rings. The minimum absolute atomic E-state index is 0.0519. The molecule has 3 N–H and O–H groups in total. The number of carbonyl (C=O) groups is 2. The van der Waals surface area contributed by atoms with Crippen LogP contribution in [0.15, 0.2) is 24.3 Å². The first-order chi connectivity index (χ1) is 21.3. The first-order valence-electron chi connectivity index (χ1n) is 17.3. The molecular weight excluding hydrogens is 581 g/mol. The standard InChI is InChI=1S/C34H64NO8P/c1-3-5-7-9-11-13-14-15-16-17-19-21-23-25-27-34(37)43-32(31-42-44(38,39)41-29-28-35)30-40-33(36)26-24-22-20-18-12-10-8-6-4-2/h9,11,14-15,32H,3-8,10,12-13,16-31,35H2,1-2H3,(H,38,39)/b11-9+,15-14+/t32-/m1/s1. The Kier molecular flexibility index (Phi) is 30.4. The van der Waals surface area contributed by atoms with Crippen molar-refractivity contribution in [3.05, 3.63) is 24.3 Å². The van der Waals surface area contributed by atoms with Crippen LogP contribution < -0.4 is 5.73 Å². The van der Waals surface area contributed by atoms with Crippen LogP contribution in [0.3, 0.4) is 0 Å². The smallest absolute Gasteiger partial charge is 0.462 e. The molecule has 0 saturated carbocycles. The van der Waals surface area contributed by atoms with Gasteiger partial charge in [-0.05, 0) is 38.5 Å². The van der Waals surface area contributed by atoms with Crippen molar-refractivity contribution in [2.45, 2.75) is 155 Å². The van der Waals surface area contributed by atoms with Gasteiger partial charge >= 0.3 is 19.8 Å². The summed E-state index contributed by atoms with van der Waals surface area (Å²) in [7, 11) is -4.36. The summed E-state index contributed by atoms with van der Waals surface area (Å²) < 4.78 is 32.5. The van der Waals surface area contributed by atoms with Crippen LogP contribution in [0.5, 0.6) is 0 Å². The van der Waals surface area contributed by atoms with Gasteiger partial charge in [-0.15, -0.1) is 0 Å². The SMILES string of the molecule is CCCC/C=C/C/C=C/CCCCCCCC(=O)O[C@H](COC(=O)CCCCCCCCCCC)COP(=O)(O)OCCN. The minimum Gasteiger partial charge on any atom is -0.462 e. The van der Waals surface area contributed by atoms with Crippen LogP contribution >= 0.6 is 7.82 Å². The van der Waals surface area contributed by atoms with E-state index in [0.29, 0.717) is 6.42 Å². The normalized spacial score (nSPS) is 13.8. The Morgan fingerprint density at radius 3 is 1.80 bits per heavy atom. The number of allylic oxidation sites excluding steroid dienone is 4. The zero-order valence-electron chi connectivity index (χ0n) is 27.9. The second-order valence-electron chi connectivity index (χ2n) is 11.4. The lowest BCUT2D eigenvalue weighted by molar-refractivity contribution is -0.161. The quantitative estimate of drug-likeness (QED) is 0.0318.